The molecule has 0 aliphatic carbocycles. The smallest absolute Gasteiger partial charge is 0.200 e. The Morgan fingerprint density at radius 2 is 1.12 bits per heavy atom. The third-order valence-electron chi connectivity index (χ3n) is 1.95. The molecule has 1 aromatic carbocycles. The number of rotatable bonds is 2. The monoisotopic (exact) mass is 254 g/mol. The van der Waals surface area contributed by atoms with Gasteiger partial charge in [-0.2, -0.15) is 0 Å². The minimum absolute atomic E-state index is 0.685. The van der Waals surface area contributed by atoms with Crippen LogP contribution in [0.5, 0.6) is 0 Å². The number of hydrogen-bond acceptors (Lipinski definition) is 1. The van der Waals surface area contributed by atoms with E-state index in [0.717, 1.165) is 0 Å². The van der Waals surface area contributed by atoms with Gasteiger partial charge in [-0.15, -0.1) is 0 Å². The van der Waals surface area contributed by atoms with Gasteiger partial charge in [0.15, 0.2) is 23.3 Å². The Labute approximate surface area is 95.2 Å². The van der Waals surface area contributed by atoms with Gasteiger partial charge < -0.3 is 4.74 Å². The molecule has 0 aromatic heterocycles. The molecular formula is C11H11F5O. The quantitative estimate of drug-likeness (QED) is 0.444. The van der Waals surface area contributed by atoms with E-state index in [-0.39, 0.29) is 0 Å². The Morgan fingerprint density at radius 3 is 1.47 bits per heavy atom. The van der Waals surface area contributed by atoms with Crippen LogP contribution in [0.4, 0.5) is 22.0 Å². The van der Waals surface area contributed by atoms with Gasteiger partial charge in [-0.1, -0.05) is 0 Å². The average molecular weight is 254 g/mol. The van der Waals surface area contributed by atoms with Crippen LogP contribution < -0.4 is 0 Å². The van der Waals surface area contributed by atoms with Crippen molar-refractivity contribution in [1.29, 1.82) is 0 Å². The topological polar surface area (TPSA) is 9.23 Å². The zero-order chi connectivity index (χ0) is 13.4. The van der Waals surface area contributed by atoms with Crippen LogP contribution in [0.1, 0.15) is 26.3 Å². The van der Waals surface area contributed by atoms with Crippen LogP contribution in [0.3, 0.4) is 0 Å². The van der Waals surface area contributed by atoms with E-state index in [4.69, 9.17) is 4.74 Å². The standard InChI is InChI=1S/C11H11F5O/c1-11(2,3)17-4-5-6(12)8(14)10(16)9(15)7(5)13/h4H2,1-3H3. The third-order valence-corrected chi connectivity index (χ3v) is 1.95. The molecule has 0 bridgehead atoms. The largest absolute Gasteiger partial charge is 0.371 e. The summed E-state index contributed by atoms with van der Waals surface area (Å²) in [4.78, 5) is 0. The van der Waals surface area contributed by atoms with Crippen LogP contribution in [0.25, 0.3) is 0 Å². The van der Waals surface area contributed by atoms with Gasteiger partial charge in [-0.3, -0.25) is 0 Å². The van der Waals surface area contributed by atoms with E-state index in [0.29, 0.717) is 0 Å². The zero-order valence-corrected chi connectivity index (χ0v) is 9.51. The fourth-order valence-electron chi connectivity index (χ4n) is 1.07. The van der Waals surface area contributed by atoms with Crippen molar-refractivity contribution in [2.75, 3.05) is 0 Å². The van der Waals surface area contributed by atoms with E-state index in [1.54, 1.807) is 20.8 Å². The van der Waals surface area contributed by atoms with E-state index in [9.17, 15) is 22.0 Å². The van der Waals surface area contributed by atoms with Crippen LogP contribution in [0.2, 0.25) is 0 Å². The Morgan fingerprint density at radius 1 is 0.765 bits per heavy atom. The van der Waals surface area contributed by atoms with Crippen molar-refractivity contribution < 1.29 is 26.7 Å². The van der Waals surface area contributed by atoms with E-state index >= 15 is 0 Å². The first-order valence-corrected chi connectivity index (χ1v) is 4.79. The number of hydrogen-bond donors (Lipinski definition) is 0. The van der Waals surface area contributed by atoms with E-state index in [2.05, 4.69) is 0 Å². The first-order chi connectivity index (χ1) is 7.65. The molecule has 0 aliphatic rings. The normalized spacial score (nSPS) is 12.0. The number of halogens is 5. The van der Waals surface area contributed by atoms with Crippen LogP contribution in [-0.2, 0) is 11.3 Å². The third kappa shape index (κ3) is 2.94. The van der Waals surface area contributed by atoms with Crippen LogP contribution in [0, 0.1) is 29.1 Å². The van der Waals surface area contributed by atoms with Gasteiger partial charge in [0.2, 0.25) is 5.82 Å². The lowest BCUT2D eigenvalue weighted by Gasteiger charge is -2.20. The first kappa shape index (κ1) is 13.9. The van der Waals surface area contributed by atoms with Crippen molar-refractivity contribution in [3.63, 3.8) is 0 Å². The van der Waals surface area contributed by atoms with Crippen molar-refractivity contribution in [3.8, 4) is 0 Å². The van der Waals surface area contributed by atoms with Gasteiger partial charge in [0.1, 0.15) is 0 Å². The first-order valence-electron chi connectivity index (χ1n) is 4.79. The zero-order valence-electron chi connectivity index (χ0n) is 9.51. The highest BCUT2D eigenvalue weighted by Crippen LogP contribution is 2.24. The van der Waals surface area contributed by atoms with Crippen molar-refractivity contribution >= 4 is 0 Å². The van der Waals surface area contributed by atoms with Crippen molar-refractivity contribution in [2.24, 2.45) is 0 Å². The maximum atomic E-state index is 13.2. The van der Waals surface area contributed by atoms with Crippen molar-refractivity contribution in [2.45, 2.75) is 33.0 Å². The SMILES string of the molecule is CC(C)(C)OCc1c(F)c(F)c(F)c(F)c1F. The summed E-state index contributed by atoms with van der Waals surface area (Å²) in [5.74, 6) is -9.80. The summed E-state index contributed by atoms with van der Waals surface area (Å²) in [6.07, 6.45) is 0. The lowest BCUT2D eigenvalue weighted by Crippen LogP contribution is -2.20. The summed E-state index contributed by atoms with van der Waals surface area (Å²) < 4.78 is 69.7. The molecule has 0 atom stereocenters. The molecule has 0 unspecified atom stereocenters. The summed E-state index contributed by atoms with van der Waals surface area (Å²) in [7, 11) is 0. The lowest BCUT2D eigenvalue weighted by atomic mass is 10.1. The summed E-state index contributed by atoms with van der Waals surface area (Å²) >= 11 is 0. The molecule has 0 spiro atoms. The summed E-state index contributed by atoms with van der Waals surface area (Å²) in [5.41, 5.74) is -1.71. The molecule has 6 heteroatoms. The Bertz CT molecular complexity index is 407. The minimum Gasteiger partial charge on any atom is -0.371 e. The molecule has 0 heterocycles. The van der Waals surface area contributed by atoms with Gasteiger partial charge in [-0.05, 0) is 20.8 Å². The van der Waals surface area contributed by atoms with Crippen molar-refractivity contribution in [1.82, 2.24) is 0 Å². The maximum Gasteiger partial charge on any atom is 0.200 e. The molecule has 1 aromatic rings. The molecule has 96 valence electrons. The fraction of sp³-hybridized carbons (Fsp3) is 0.455. The number of ether oxygens (including phenoxy) is 1. The molecule has 0 fully saturated rings. The number of benzene rings is 1. The van der Waals surface area contributed by atoms with Crippen LogP contribution in [0.15, 0.2) is 0 Å². The molecule has 0 aliphatic heterocycles. The molecule has 1 nitrogen and oxygen atoms in total. The van der Waals surface area contributed by atoms with E-state index in [1.807, 2.05) is 0 Å². The highest BCUT2D eigenvalue weighted by atomic mass is 19.2. The molecule has 17 heavy (non-hydrogen) atoms. The van der Waals surface area contributed by atoms with Gasteiger partial charge in [-0.25, -0.2) is 22.0 Å². The highest BCUT2D eigenvalue weighted by Gasteiger charge is 2.26. The molecule has 0 saturated heterocycles. The predicted octanol–water partition coefficient (Wildman–Crippen LogP) is 3.70. The Balaban J connectivity index is 3.16. The van der Waals surface area contributed by atoms with E-state index < -0.39 is 46.9 Å². The molecular weight excluding hydrogens is 243 g/mol. The lowest BCUT2D eigenvalue weighted by molar-refractivity contribution is -0.0179. The Kier molecular flexibility index (Phi) is 3.76. The second-order valence-corrected chi connectivity index (χ2v) is 4.45. The van der Waals surface area contributed by atoms with E-state index in [1.165, 1.54) is 0 Å². The van der Waals surface area contributed by atoms with Gasteiger partial charge in [0.05, 0.1) is 17.8 Å². The highest BCUT2D eigenvalue weighted by molar-refractivity contribution is 5.23. The van der Waals surface area contributed by atoms with Crippen molar-refractivity contribution in [3.05, 3.63) is 34.6 Å². The summed E-state index contributed by atoms with van der Waals surface area (Å²) in [6, 6.07) is 0. The van der Waals surface area contributed by atoms with Crippen LogP contribution in [-0.4, -0.2) is 5.60 Å². The molecule has 0 saturated carbocycles. The summed E-state index contributed by atoms with van der Waals surface area (Å²) in [5, 5.41) is 0. The van der Waals surface area contributed by atoms with Gasteiger partial charge in [0.25, 0.3) is 0 Å². The van der Waals surface area contributed by atoms with Gasteiger partial charge in [0, 0.05) is 0 Å². The molecule has 0 amide bonds. The average Bonchev–Trinajstić information content (AvgIpc) is 2.22. The van der Waals surface area contributed by atoms with Gasteiger partial charge >= 0.3 is 0 Å². The molecule has 1 rings (SSSR count). The fourth-order valence-corrected chi connectivity index (χ4v) is 1.07. The molecule has 0 radical (unpaired) electrons. The second kappa shape index (κ2) is 4.60. The van der Waals surface area contributed by atoms with Crippen LogP contribution >= 0.6 is 0 Å². The predicted molar refractivity (Wildman–Crippen MR) is 50.8 cm³/mol. The minimum atomic E-state index is -2.17. The summed E-state index contributed by atoms with van der Waals surface area (Å²) in [6.45, 7) is 4.10. The maximum absolute atomic E-state index is 13.2. The molecule has 0 N–H and O–H groups in total. The Hall–Kier alpha value is -1.17. The second-order valence-electron chi connectivity index (χ2n) is 4.45.